The SMILES string of the molecule is CCNC(=O)C(Cc1ccccc1)N(Cc1ccc(Cl)c(Cl)c1)C(=O)CN(c1ccc(F)c(Cl)c1)S(=O)(=O)c1ccccc1. The third-order valence-electron chi connectivity index (χ3n) is 6.76. The topological polar surface area (TPSA) is 86.8 Å². The van der Waals surface area contributed by atoms with E-state index in [2.05, 4.69) is 5.32 Å². The second-order valence-electron chi connectivity index (χ2n) is 9.79. The van der Waals surface area contributed by atoms with E-state index in [-0.39, 0.29) is 33.6 Å². The van der Waals surface area contributed by atoms with Crippen LogP contribution in [0.15, 0.2) is 102 Å². The summed E-state index contributed by atoms with van der Waals surface area (Å²) in [6.07, 6.45) is 0.146. The van der Waals surface area contributed by atoms with Gasteiger partial charge in [0.25, 0.3) is 10.0 Å². The second kappa shape index (κ2) is 14.9. The van der Waals surface area contributed by atoms with Crippen LogP contribution in [0.3, 0.4) is 0 Å². The summed E-state index contributed by atoms with van der Waals surface area (Å²) in [6.45, 7) is 1.26. The number of likely N-dealkylation sites (N-methyl/N-ethyl adjacent to an activating group) is 1. The molecule has 0 bridgehead atoms. The zero-order chi connectivity index (χ0) is 31.9. The average molecular weight is 677 g/mol. The standard InChI is InChI=1S/C32H29Cl3FN3O4S/c1-2-37-32(41)30(18-22-9-5-3-6-10-22)38(20-23-13-15-26(33)27(34)17-23)31(40)21-39(24-14-16-29(36)28(35)19-24)44(42,43)25-11-7-4-8-12-25/h3-17,19,30H,2,18,20-21H2,1H3,(H,37,41). The number of carbonyl (C=O) groups excluding carboxylic acids is 2. The van der Waals surface area contributed by atoms with Crippen molar-refractivity contribution in [2.75, 3.05) is 17.4 Å². The van der Waals surface area contributed by atoms with Gasteiger partial charge in [0.15, 0.2) is 0 Å². The van der Waals surface area contributed by atoms with Crippen LogP contribution >= 0.6 is 34.8 Å². The Kier molecular flexibility index (Phi) is 11.3. The number of halogens is 4. The van der Waals surface area contributed by atoms with Gasteiger partial charge in [0.1, 0.15) is 18.4 Å². The van der Waals surface area contributed by atoms with Crippen LogP contribution < -0.4 is 9.62 Å². The van der Waals surface area contributed by atoms with Crippen molar-refractivity contribution >= 4 is 62.3 Å². The Morgan fingerprint density at radius 2 is 1.48 bits per heavy atom. The number of sulfonamides is 1. The molecule has 0 spiro atoms. The first-order valence-electron chi connectivity index (χ1n) is 13.6. The van der Waals surface area contributed by atoms with Crippen LogP contribution in [-0.4, -0.2) is 44.3 Å². The van der Waals surface area contributed by atoms with Crippen molar-refractivity contribution in [3.05, 3.63) is 129 Å². The lowest BCUT2D eigenvalue weighted by Crippen LogP contribution is -2.53. The number of rotatable bonds is 12. The normalized spacial score (nSPS) is 11.9. The predicted octanol–water partition coefficient (Wildman–Crippen LogP) is 6.76. The van der Waals surface area contributed by atoms with Gasteiger partial charge in [-0.1, -0.05) is 89.4 Å². The van der Waals surface area contributed by atoms with Crippen molar-refractivity contribution in [1.82, 2.24) is 10.2 Å². The maximum atomic E-state index is 14.3. The number of amides is 2. The third kappa shape index (κ3) is 8.09. The molecule has 44 heavy (non-hydrogen) atoms. The summed E-state index contributed by atoms with van der Waals surface area (Å²) < 4.78 is 42.8. The van der Waals surface area contributed by atoms with E-state index >= 15 is 0 Å². The molecule has 0 saturated carbocycles. The lowest BCUT2D eigenvalue weighted by Gasteiger charge is -2.34. The first kappa shape index (κ1) is 33.3. The summed E-state index contributed by atoms with van der Waals surface area (Å²) in [5.41, 5.74) is 1.33. The molecule has 4 aromatic carbocycles. The van der Waals surface area contributed by atoms with Gasteiger partial charge in [-0.3, -0.25) is 13.9 Å². The van der Waals surface area contributed by atoms with Crippen LogP contribution in [0.1, 0.15) is 18.1 Å². The molecule has 1 unspecified atom stereocenters. The summed E-state index contributed by atoms with van der Waals surface area (Å²) in [6, 6.07) is 23.9. The van der Waals surface area contributed by atoms with E-state index in [0.29, 0.717) is 17.1 Å². The fraction of sp³-hybridized carbons (Fsp3) is 0.188. The van der Waals surface area contributed by atoms with Gasteiger partial charge >= 0.3 is 0 Å². The fourth-order valence-electron chi connectivity index (χ4n) is 4.57. The quantitative estimate of drug-likeness (QED) is 0.180. The zero-order valence-electron chi connectivity index (χ0n) is 23.6. The van der Waals surface area contributed by atoms with Gasteiger partial charge in [0, 0.05) is 19.5 Å². The summed E-state index contributed by atoms with van der Waals surface area (Å²) >= 11 is 18.4. The molecule has 0 heterocycles. The predicted molar refractivity (Wildman–Crippen MR) is 172 cm³/mol. The molecule has 0 saturated heterocycles. The molecular formula is C32H29Cl3FN3O4S. The molecule has 12 heteroatoms. The van der Waals surface area contributed by atoms with E-state index in [1.54, 1.807) is 43.3 Å². The van der Waals surface area contributed by atoms with E-state index in [4.69, 9.17) is 34.8 Å². The second-order valence-corrected chi connectivity index (χ2v) is 12.9. The number of hydrogen-bond acceptors (Lipinski definition) is 4. The molecule has 230 valence electrons. The molecular weight excluding hydrogens is 648 g/mol. The van der Waals surface area contributed by atoms with Gasteiger partial charge in [0.2, 0.25) is 11.8 Å². The Labute approximate surface area is 271 Å². The van der Waals surface area contributed by atoms with Crippen molar-refractivity contribution in [2.45, 2.75) is 30.8 Å². The lowest BCUT2D eigenvalue weighted by molar-refractivity contribution is -0.140. The largest absolute Gasteiger partial charge is 0.355 e. The molecule has 4 aromatic rings. The van der Waals surface area contributed by atoms with E-state index in [0.717, 1.165) is 22.0 Å². The Morgan fingerprint density at radius 3 is 2.09 bits per heavy atom. The maximum absolute atomic E-state index is 14.3. The molecule has 0 radical (unpaired) electrons. The van der Waals surface area contributed by atoms with E-state index in [9.17, 15) is 22.4 Å². The maximum Gasteiger partial charge on any atom is 0.264 e. The first-order chi connectivity index (χ1) is 21.0. The van der Waals surface area contributed by atoms with E-state index in [1.165, 1.54) is 23.1 Å². The zero-order valence-corrected chi connectivity index (χ0v) is 26.7. The highest BCUT2D eigenvalue weighted by atomic mass is 35.5. The highest BCUT2D eigenvalue weighted by molar-refractivity contribution is 7.92. The van der Waals surface area contributed by atoms with Crippen LogP contribution in [0.2, 0.25) is 15.1 Å². The minimum absolute atomic E-state index is 0.0271. The van der Waals surface area contributed by atoms with Crippen LogP contribution in [-0.2, 0) is 32.6 Å². The molecule has 2 amide bonds. The molecule has 1 atom stereocenters. The van der Waals surface area contributed by atoms with E-state index in [1.807, 2.05) is 30.3 Å². The van der Waals surface area contributed by atoms with Gasteiger partial charge in [-0.05, 0) is 60.5 Å². The van der Waals surface area contributed by atoms with Crippen LogP contribution in [0.25, 0.3) is 0 Å². The van der Waals surface area contributed by atoms with Crippen molar-refractivity contribution in [1.29, 1.82) is 0 Å². The number of carbonyl (C=O) groups is 2. The number of hydrogen-bond donors (Lipinski definition) is 1. The van der Waals surface area contributed by atoms with Crippen LogP contribution in [0, 0.1) is 5.82 Å². The summed E-state index contributed by atoms with van der Waals surface area (Å²) in [7, 11) is -4.35. The van der Waals surface area contributed by atoms with Crippen LogP contribution in [0.4, 0.5) is 10.1 Å². The summed E-state index contributed by atoms with van der Waals surface area (Å²) in [4.78, 5) is 29.1. The fourth-order valence-corrected chi connectivity index (χ4v) is 6.49. The minimum atomic E-state index is -4.35. The van der Waals surface area contributed by atoms with E-state index < -0.39 is 40.2 Å². The van der Waals surface area contributed by atoms with Gasteiger partial charge in [0.05, 0.1) is 25.7 Å². The molecule has 1 N–H and O–H groups in total. The molecule has 7 nitrogen and oxygen atoms in total. The average Bonchev–Trinajstić information content (AvgIpc) is 3.01. The Bertz CT molecular complexity index is 1730. The van der Waals surface area contributed by atoms with Gasteiger partial charge in [-0.25, -0.2) is 12.8 Å². The number of nitrogens with zero attached hydrogens (tertiary/aromatic N) is 2. The van der Waals surface area contributed by atoms with Crippen molar-refractivity contribution in [3.8, 4) is 0 Å². The van der Waals surface area contributed by atoms with Crippen molar-refractivity contribution in [2.24, 2.45) is 0 Å². The summed E-state index contributed by atoms with van der Waals surface area (Å²) in [5.74, 6) is -1.87. The smallest absolute Gasteiger partial charge is 0.264 e. The molecule has 0 aliphatic heterocycles. The molecule has 4 rings (SSSR count). The number of nitrogens with one attached hydrogen (secondary N) is 1. The van der Waals surface area contributed by atoms with Crippen molar-refractivity contribution < 1.29 is 22.4 Å². The van der Waals surface area contributed by atoms with Gasteiger partial charge in [-0.2, -0.15) is 0 Å². The van der Waals surface area contributed by atoms with Gasteiger partial charge < -0.3 is 10.2 Å². The highest BCUT2D eigenvalue weighted by Crippen LogP contribution is 2.29. The minimum Gasteiger partial charge on any atom is -0.355 e. The molecule has 0 fully saturated rings. The number of anilines is 1. The van der Waals surface area contributed by atoms with Crippen molar-refractivity contribution in [3.63, 3.8) is 0 Å². The lowest BCUT2D eigenvalue weighted by atomic mass is 10.0. The first-order valence-corrected chi connectivity index (χ1v) is 16.2. The Hall–Kier alpha value is -3.63. The monoisotopic (exact) mass is 675 g/mol. The van der Waals surface area contributed by atoms with Gasteiger partial charge in [-0.15, -0.1) is 0 Å². The summed E-state index contributed by atoms with van der Waals surface area (Å²) in [5, 5.41) is 3.04. The van der Waals surface area contributed by atoms with Crippen LogP contribution in [0.5, 0.6) is 0 Å². The Morgan fingerprint density at radius 1 is 0.818 bits per heavy atom. The molecule has 0 aliphatic carbocycles. The highest BCUT2D eigenvalue weighted by Gasteiger charge is 2.34. The molecule has 0 aliphatic rings. The molecule has 0 aromatic heterocycles. The third-order valence-corrected chi connectivity index (χ3v) is 9.58. The Balaban J connectivity index is 1.82. The number of benzene rings is 4.